The largest absolute Gasteiger partial charge is 0.493 e. The van der Waals surface area contributed by atoms with Gasteiger partial charge in [-0.2, -0.15) is 0 Å². The fourth-order valence-corrected chi connectivity index (χ4v) is 4.18. The predicted octanol–water partition coefficient (Wildman–Crippen LogP) is 2.67. The normalized spacial score (nSPS) is 11.2. The molecular weight excluding hydrogens is 512 g/mol. The molecule has 0 spiro atoms. The van der Waals surface area contributed by atoms with Gasteiger partial charge in [-0.25, -0.2) is 8.42 Å². The van der Waals surface area contributed by atoms with Gasteiger partial charge in [-0.1, -0.05) is 10.2 Å². The highest BCUT2D eigenvalue weighted by Crippen LogP contribution is 2.42. The minimum atomic E-state index is -4.46. The van der Waals surface area contributed by atoms with Crippen molar-refractivity contribution in [3.8, 4) is 57.4 Å². The molecule has 2 aromatic carbocycles. The SMILES string of the molecule is COc1cc(-c2nnc(S(=O)(=O)c3nnc(-c4cc(OC)c(OC)c(OC)c4)o3)o2)cc(OC)c1OC. The van der Waals surface area contributed by atoms with Crippen LogP contribution in [0, 0.1) is 0 Å². The highest BCUT2D eigenvalue weighted by molar-refractivity contribution is 7.91. The van der Waals surface area contributed by atoms with Crippen LogP contribution in [-0.2, 0) is 9.84 Å². The monoisotopic (exact) mass is 534 g/mol. The van der Waals surface area contributed by atoms with Gasteiger partial charge < -0.3 is 37.3 Å². The molecule has 0 aliphatic carbocycles. The van der Waals surface area contributed by atoms with E-state index in [0.29, 0.717) is 45.6 Å². The summed E-state index contributed by atoms with van der Waals surface area (Å²) in [5.41, 5.74) is 0.652. The molecule has 0 N–H and O–H groups in total. The third-order valence-electron chi connectivity index (χ3n) is 5.10. The van der Waals surface area contributed by atoms with Crippen molar-refractivity contribution in [1.29, 1.82) is 0 Å². The fraction of sp³-hybridized carbons (Fsp3) is 0.273. The number of hydrogen-bond acceptors (Lipinski definition) is 14. The molecule has 14 nitrogen and oxygen atoms in total. The molecule has 0 radical (unpaired) electrons. The maximum Gasteiger partial charge on any atom is 0.345 e. The molecule has 0 amide bonds. The van der Waals surface area contributed by atoms with Gasteiger partial charge in [0.25, 0.3) is 0 Å². The van der Waals surface area contributed by atoms with E-state index in [1.165, 1.54) is 66.9 Å². The average molecular weight is 535 g/mol. The Hall–Kier alpha value is -4.53. The van der Waals surface area contributed by atoms with Crippen LogP contribution in [0.5, 0.6) is 34.5 Å². The zero-order valence-corrected chi connectivity index (χ0v) is 21.4. The topological polar surface area (TPSA) is 167 Å². The Balaban J connectivity index is 1.70. The lowest BCUT2D eigenvalue weighted by Crippen LogP contribution is -2.02. The molecule has 0 bridgehead atoms. The molecule has 0 saturated heterocycles. The highest BCUT2D eigenvalue weighted by Gasteiger charge is 2.32. The van der Waals surface area contributed by atoms with Crippen LogP contribution in [0.25, 0.3) is 22.9 Å². The van der Waals surface area contributed by atoms with Crippen LogP contribution in [0.1, 0.15) is 0 Å². The average Bonchev–Trinajstić information content (AvgIpc) is 3.62. The number of aromatic nitrogens is 4. The smallest absolute Gasteiger partial charge is 0.345 e. The van der Waals surface area contributed by atoms with Crippen molar-refractivity contribution in [2.45, 2.75) is 10.4 Å². The van der Waals surface area contributed by atoms with E-state index in [2.05, 4.69) is 20.4 Å². The van der Waals surface area contributed by atoms with E-state index in [4.69, 9.17) is 37.3 Å². The van der Waals surface area contributed by atoms with E-state index in [1.54, 1.807) is 0 Å². The first-order valence-corrected chi connectivity index (χ1v) is 11.8. The summed E-state index contributed by atoms with van der Waals surface area (Å²) >= 11 is 0. The third kappa shape index (κ3) is 4.55. The van der Waals surface area contributed by atoms with Crippen LogP contribution in [0.15, 0.2) is 43.5 Å². The van der Waals surface area contributed by atoms with E-state index in [0.717, 1.165) is 0 Å². The molecule has 15 heteroatoms. The maximum absolute atomic E-state index is 13.1. The van der Waals surface area contributed by atoms with Crippen LogP contribution in [0.3, 0.4) is 0 Å². The molecule has 4 aromatic rings. The zero-order chi connectivity index (χ0) is 26.7. The van der Waals surface area contributed by atoms with E-state index >= 15 is 0 Å². The standard InChI is InChI=1S/C22H22N4O10S/c1-29-13-7-11(8-14(30-2)17(13)33-5)19-23-25-21(35-19)37(27,28)22-26-24-20(36-22)12-9-15(31-3)18(34-6)16(10-12)32-4/h7-10H,1-6H3. The maximum atomic E-state index is 13.1. The molecule has 0 unspecified atom stereocenters. The van der Waals surface area contributed by atoms with Crippen LogP contribution >= 0.6 is 0 Å². The van der Waals surface area contributed by atoms with Gasteiger partial charge in [0.05, 0.1) is 42.7 Å². The zero-order valence-electron chi connectivity index (χ0n) is 20.6. The molecule has 0 aliphatic heterocycles. The number of rotatable bonds is 10. The molecule has 0 saturated carbocycles. The van der Waals surface area contributed by atoms with Crippen molar-refractivity contribution < 1.29 is 45.7 Å². The lowest BCUT2D eigenvalue weighted by atomic mass is 10.2. The van der Waals surface area contributed by atoms with Gasteiger partial charge in [-0.05, 0) is 24.3 Å². The highest BCUT2D eigenvalue weighted by atomic mass is 32.2. The van der Waals surface area contributed by atoms with Crippen molar-refractivity contribution in [2.24, 2.45) is 0 Å². The summed E-state index contributed by atoms with van der Waals surface area (Å²) in [6.07, 6.45) is 0. The second kappa shape index (κ2) is 10.2. The number of ether oxygens (including phenoxy) is 6. The van der Waals surface area contributed by atoms with Gasteiger partial charge in [0.2, 0.25) is 23.3 Å². The van der Waals surface area contributed by atoms with Crippen LogP contribution in [-0.4, -0.2) is 71.5 Å². The summed E-state index contributed by atoms with van der Waals surface area (Å²) < 4.78 is 68.8. The second-order valence-corrected chi connectivity index (χ2v) is 8.78. The molecule has 37 heavy (non-hydrogen) atoms. The summed E-state index contributed by atoms with van der Waals surface area (Å²) in [5.74, 6) is 1.68. The van der Waals surface area contributed by atoms with E-state index < -0.39 is 20.3 Å². The van der Waals surface area contributed by atoms with Gasteiger partial charge in [0.1, 0.15) is 0 Å². The van der Waals surface area contributed by atoms with Gasteiger partial charge in [0, 0.05) is 11.1 Å². The van der Waals surface area contributed by atoms with Crippen LogP contribution < -0.4 is 28.4 Å². The molecule has 2 aromatic heterocycles. The summed E-state index contributed by atoms with van der Waals surface area (Å²) in [4.78, 5) is 0. The minimum absolute atomic E-state index is 0.123. The molecule has 0 aliphatic rings. The predicted molar refractivity (Wildman–Crippen MR) is 124 cm³/mol. The third-order valence-corrected chi connectivity index (χ3v) is 6.35. The van der Waals surface area contributed by atoms with Crippen LogP contribution in [0.2, 0.25) is 0 Å². The molecule has 4 rings (SSSR count). The van der Waals surface area contributed by atoms with Crippen LogP contribution in [0.4, 0.5) is 0 Å². The first-order chi connectivity index (χ1) is 17.8. The fourth-order valence-electron chi connectivity index (χ4n) is 3.35. The first kappa shape index (κ1) is 25.6. The van der Waals surface area contributed by atoms with E-state index in [9.17, 15) is 8.42 Å². The Morgan fingerprint density at radius 3 is 1.14 bits per heavy atom. The summed E-state index contributed by atoms with van der Waals surface area (Å²) in [6.45, 7) is 0. The van der Waals surface area contributed by atoms with Crippen molar-refractivity contribution >= 4 is 9.84 Å². The van der Waals surface area contributed by atoms with Gasteiger partial charge in [-0.15, -0.1) is 10.2 Å². The summed E-state index contributed by atoms with van der Waals surface area (Å²) in [5, 5.41) is 13.5. The molecule has 2 heterocycles. The van der Waals surface area contributed by atoms with Gasteiger partial charge in [-0.3, -0.25) is 0 Å². The Kier molecular flexibility index (Phi) is 7.06. The Morgan fingerprint density at radius 2 is 0.865 bits per heavy atom. The lowest BCUT2D eigenvalue weighted by Gasteiger charge is -2.12. The molecular formula is C22H22N4O10S. The van der Waals surface area contributed by atoms with E-state index in [-0.39, 0.29) is 11.8 Å². The van der Waals surface area contributed by atoms with Crippen molar-refractivity contribution in [3.63, 3.8) is 0 Å². The van der Waals surface area contributed by atoms with E-state index in [1.807, 2.05) is 0 Å². The number of sulfone groups is 1. The Bertz CT molecular complexity index is 1370. The van der Waals surface area contributed by atoms with Crippen molar-refractivity contribution in [3.05, 3.63) is 24.3 Å². The number of methoxy groups -OCH3 is 6. The quantitative estimate of drug-likeness (QED) is 0.291. The van der Waals surface area contributed by atoms with Gasteiger partial charge in [0.15, 0.2) is 23.0 Å². The van der Waals surface area contributed by atoms with Gasteiger partial charge >= 0.3 is 20.3 Å². The van der Waals surface area contributed by atoms with Crippen molar-refractivity contribution in [1.82, 2.24) is 20.4 Å². The lowest BCUT2D eigenvalue weighted by molar-refractivity contribution is 0.324. The Labute approximate surface area is 211 Å². The minimum Gasteiger partial charge on any atom is -0.493 e. The molecule has 0 atom stereocenters. The first-order valence-electron chi connectivity index (χ1n) is 10.3. The summed E-state index contributed by atoms with van der Waals surface area (Å²) in [7, 11) is 4.19. The Morgan fingerprint density at radius 1 is 0.541 bits per heavy atom. The summed E-state index contributed by atoms with van der Waals surface area (Å²) in [6, 6.07) is 6.11. The molecule has 196 valence electrons. The van der Waals surface area contributed by atoms with Crippen molar-refractivity contribution in [2.75, 3.05) is 42.7 Å². The second-order valence-electron chi connectivity index (χ2n) is 7.08. The number of benzene rings is 2. The molecule has 0 fully saturated rings. The number of nitrogens with zero attached hydrogens (tertiary/aromatic N) is 4. The number of hydrogen-bond donors (Lipinski definition) is 0.